The highest BCUT2D eigenvalue weighted by atomic mass is 35.5. The van der Waals surface area contributed by atoms with Gasteiger partial charge in [-0.15, -0.1) is 11.6 Å². The van der Waals surface area contributed by atoms with E-state index < -0.39 is 0 Å². The molecule has 1 aromatic rings. The molecule has 0 saturated carbocycles. The Bertz CT molecular complexity index is 300. The van der Waals surface area contributed by atoms with Crippen molar-refractivity contribution in [2.75, 3.05) is 32.6 Å². The zero-order valence-corrected chi connectivity index (χ0v) is 11.5. The van der Waals surface area contributed by atoms with E-state index in [4.69, 9.17) is 16.3 Å². The average molecular weight is 256 g/mol. The van der Waals surface area contributed by atoms with Gasteiger partial charge >= 0.3 is 0 Å². The number of ether oxygens (including phenoxy) is 1. The van der Waals surface area contributed by atoms with Gasteiger partial charge in [0, 0.05) is 12.4 Å². The Hall–Kier alpha value is -0.730. The topological polar surface area (TPSA) is 12.5 Å². The largest absolute Gasteiger partial charge is 0.497 e. The molecule has 0 aliphatic rings. The highest BCUT2D eigenvalue weighted by Crippen LogP contribution is 2.12. The summed E-state index contributed by atoms with van der Waals surface area (Å²) in [4.78, 5) is 2.44. The summed E-state index contributed by atoms with van der Waals surface area (Å²) < 4.78 is 5.14. The van der Waals surface area contributed by atoms with Gasteiger partial charge in [0.1, 0.15) is 5.75 Å². The second-order valence-electron chi connectivity index (χ2n) is 4.07. The molecule has 0 bridgehead atoms. The molecule has 0 heterocycles. The summed E-state index contributed by atoms with van der Waals surface area (Å²) >= 11 is 5.71. The zero-order chi connectivity index (χ0) is 12.5. The van der Waals surface area contributed by atoms with Gasteiger partial charge in [0.15, 0.2) is 0 Å². The molecule has 0 fully saturated rings. The molecule has 0 aliphatic carbocycles. The molecule has 0 saturated heterocycles. The maximum absolute atomic E-state index is 5.71. The van der Waals surface area contributed by atoms with E-state index in [-0.39, 0.29) is 0 Å². The third-order valence-corrected chi connectivity index (χ3v) is 3.20. The highest BCUT2D eigenvalue weighted by molar-refractivity contribution is 6.17. The van der Waals surface area contributed by atoms with Crippen LogP contribution in [0.25, 0.3) is 0 Å². The Balaban J connectivity index is 2.36. The van der Waals surface area contributed by atoms with Crippen LogP contribution in [0.5, 0.6) is 5.75 Å². The predicted molar refractivity (Wildman–Crippen MR) is 74.1 cm³/mol. The first-order chi connectivity index (χ1) is 8.30. The summed E-state index contributed by atoms with van der Waals surface area (Å²) in [5.41, 5.74) is 1.36. The van der Waals surface area contributed by atoms with Crippen molar-refractivity contribution >= 4 is 11.6 Å². The molecule has 0 atom stereocenters. The van der Waals surface area contributed by atoms with Crippen LogP contribution >= 0.6 is 11.6 Å². The second kappa shape index (κ2) is 8.37. The summed E-state index contributed by atoms with van der Waals surface area (Å²) in [7, 11) is 1.69. The minimum absolute atomic E-state index is 0.749. The minimum atomic E-state index is 0.749. The van der Waals surface area contributed by atoms with Crippen LogP contribution < -0.4 is 4.74 Å². The van der Waals surface area contributed by atoms with Crippen molar-refractivity contribution in [3.8, 4) is 5.75 Å². The predicted octanol–water partition coefficient (Wildman–Crippen LogP) is 3.19. The molecule has 0 amide bonds. The Morgan fingerprint density at radius 2 is 1.88 bits per heavy atom. The van der Waals surface area contributed by atoms with Gasteiger partial charge in [0.2, 0.25) is 0 Å². The molecule has 17 heavy (non-hydrogen) atoms. The number of rotatable bonds is 8. The van der Waals surface area contributed by atoms with E-state index in [2.05, 4.69) is 24.0 Å². The Morgan fingerprint density at radius 1 is 1.18 bits per heavy atom. The first-order valence-electron chi connectivity index (χ1n) is 6.21. The molecule has 0 radical (unpaired) electrons. The van der Waals surface area contributed by atoms with Gasteiger partial charge in [-0.05, 0) is 43.6 Å². The van der Waals surface area contributed by atoms with Crippen molar-refractivity contribution in [3.63, 3.8) is 0 Å². The quantitative estimate of drug-likeness (QED) is 0.662. The monoisotopic (exact) mass is 255 g/mol. The lowest BCUT2D eigenvalue weighted by Gasteiger charge is -2.19. The lowest BCUT2D eigenvalue weighted by Crippen LogP contribution is -2.27. The van der Waals surface area contributed by atoms with E-state index in [9.17, 15) is 0 Å². The van der Waals surface area contributed by atoms with Gasteiger partial charge in [-0.1, -0.05) is 19.1 Å². The lowest BCUT2D eigenvalue weighted by atomic mass is 10.1. The van der Waals surface area contributed by atoms with Crippen LogP contribution in [0.3, 0.4) is 0 Å². The fourth-order valence-corrected chi connectivity index (χ4v) is 1.91. The molecule has 1 aromatic carbocycles. The van der Waals surface area contributed by atoms with Crippen LogP contribution in [0.15, 0.2) is 24.3 Å². The van der Waals surface area contributed by atoms with Crippen molar-refractivity contribution in [1.82, 2.24) is 4.90 Å². The number of methoxy groups -OCH3 is 1. The van der Waals surface area contributed by atoms with Crippen LogP contribution in [0.4, 0.5) is 0 Å². The van der Waals surface area contributed by atoms with Crippen LogP contribution in [-0.2, 0) is 6.42 Å². The molecule has 1 rings (SSSR count). The van der Waals surface area contributed by atoms with Gasteiger partial charge in [0.25, 0.3) is 0 Å². The molecule has 3 heteroatoms. The summed E-state index contributed by atoms with van der Waals surface area (Å²) in [6.07, 6.45) is 2.15. The number of halogens is 1. The van der Waals surface area contributed by atoms with E-state index >= 15 is 0 Å². The number of hydrogen-bond donors (Lipinski definition) is 0. The van der Waals surface area contributed by atoms with Gasteiger partial charge < -0.3 is 9.64 Å². The lowest BCUT2D eigenvalue weighted by molar-refractivity contribution is 0.293. The smallest absolute Gasteiger partial charge is 0.118 e. The van der Waals surface area contributed by atoms with Gasteiger partial charge in [-0.3, -0.25) is 0 Å². The van der Waals surface area contributed by atoms with Gasteiger partial charge in [-0.25, -0.2) is 0 Å². The Morgan fingerprint density at radius 3 is 2.41 bits per heavy atom. The second-order valence-corrected chi connectivity index (χ2v) is 4.45. The summed E-state index contributed by atoms with van der Waals surface area (Å²) in [5, 5.41) is 0. The Kier molecular flexibility index (Phi) is 7.06. The van der Waals surface area contributed by atoms with Crippen molar-refractivity contribution in [2.45, 2.75) is 19.8 Å². The zero-order valence-electron chi connectivity index (χ0n) is 10.8. The normalized spacial score (nSPS) is 10.8. The van der Waals surface area contributed by atoms with Gasteiger partial charge in [-0.2, -0.15) is 0 Å². The van der Waals surface area contributed by atoms with Crippen molar-refractivity contribution in [1.29, 1.82) is 0 Å². The molecule has 0 unspecified atom stereocenters. The van der Waals surface area contributed by atoms with Crippen molar-refractivity contribution in [3.05, 3.63) is 29.8 Å². The minimum Gasteiger partial charge on any atom is -0.497 e. The number of likely N-dealkylation sites (N-methyl/N-ethyl adjacent to an activating group) is 1. The first-order valence-corrected chi connectivity index (χ1v) is 6.74. The fourth-order valence-electron chi connectivity index (χ4n) is 1.79. The molecule has 0 spiro atoms. The molecular weight excluding hydrogens is 234 g/mol. The van der Waals surface area contributed by atoms with Crippen molar-refractivity contribution in [2.24, 2.45) is 0 Å². The third kappa shape index (κ3) is 5.42. The number of nitrogens with zero attached hydrogens (tertiary/aromatic N) is 1. The number of alkyl halides is 1. The van der Waals surface area contributed by atoms with E-state index in [1.807, 2.05) is 12.1 Å². The SMILES string of the molecule is CCN(CCCCl)CCc1ccc(OC)cc1. The van der Waals surface area contributed by atoms with Crippen molar-refractivity contribution < 1.29 is 4.74 Å². The molecular formula is C14H22ClNO. The van der Waals surface area contributed by atoms with E-state index in [1.165, 1.54) is 5.56 Å². The third-order valence-electron chi connectivity index (χ3n) is 2.93. The summed E-state index contributed by atoms with van der Waals surface area (Å²) in [6.45, 7) is 5.48. The summed E-state index contributed by atoms with van der Waals surface area (Å²) in [5.74, 6) is 1.67. The Labute approximate surface area is 110 Å². The highest BCUT2D eigenvalue weighted by Gasteiger charge is 2.02. The number of benzene rings is 1. The summed E-state index contributed by atoms with van der Waals surface area (Å²) in [6, 6.07) is 8.30. The standard InChI is InChI=1S/C14H22ClNO/c1-3-16(11-4-10-15)12-9-13-5-7-14(17-2)8-6-13/h5-8H,3-4,9-12H2,1-2H3. The molecule has 0 aliphatic heterocycles. The average Bonchev–Trinajstić information content (AvgIpc) is 2.39. The maximum atomic E-state index is 5.71. The fraction of sp³-hybridized carbons (Fsp3) is 0.571. The van der Waals surface area contributed by atoms with Crippen LogP contribution in [0.2, 0.25) is 0 Å². The van der Waals surface area contributed by atoms with E-state index in [0.717, 1.165) is 44.1 Å². The maximum Gasteiger partial charge on any atom is 0.118 e. The van der Waals surface area contributed by atoms with E-state index in [0.29, 0.717) is 0 Å². The number of hydrogen-bond acceptors (Lipinski definition) is 2. The van der Waals surface area contributed by atoms with E-state index in [1.54, 1.807) is 7.11 Å². The molecule has 96 valence electrons. The first kappa shape index (κ1) is 14.3. The molecule has 2 nitrogen and oxygen atoms in total. The molecule has 0 aromatic heterocycles. The van der Waals surface area contributed by atoms with Gasteiger partial charge in [0.05, 0.1) is 7.11 Å². The van der Waals surface area contributed by atoms with Crippen LogP contribution in [0, 0.1) is 0 Å². The van der Waals surface area contributed by atoms with Crippen LogP contribution in [-0.4, -0.2) is 37.5 Å². The van der Waals surface area contributed by atoms with Crippen LogP contribution in [0.1, 0.15) is 18.9 Å². The molecule has 0 N–H and O–H groups in total.